The van der Waals surface area contributed by atoms with Gasteiger partial charge in [-0.05, 0) is 43.2 Å². The average Bonchev–Trinajstić information content (AvgIpc) is 3.18. The van der Waals surface area contributed by atoms with Crippen LogP contribution in [0.3, 0.4) is 0 Å². The van der Waals surface area contributed by atoms with Crippen LogP contribution in [0.25, 0.3) is 11.3 Å². The predicted molar refractivity (Wildman–Crippen MR) is 86.5 cm³/mol. The van der Waals surface area contributed by atoms with Crippen molar-refractivity contribution in [2.45, 2.75) is 37.1 Å². The highest BCUT2D eigenvalue weighted by Crippen LogP contribution is 2.33. The molecule has 7 heteroatoms. The number of aryl methyl sites for hydroxylation is 1. The number of hydrogen-bond donors (Lipinski definition) is 1. The smallest absolute Gasteiger partial charge is 0.239 e. The van der Waals surface area contributed by atoms with Crippen LogP contribution in [0.4, 0.5) is 4.39 Å². The summed E-state index contributed by atoms with van der Waals surface area (Å²) >= 11 is 1.51. The third kappa shape index (κ3) is 3.79. The summed E-state index contributed by atoms with van der Waals surface area (Å²) in [5, 5.41) is 4.72. The van der Waals surface area contributed by atoms with Crippen molar-refractivity contribution in [3.63, 3.8) is 0 Å². The summed E-state index contributed by atoms with van der Waals surface area (Å²) in [6.45, 7) is 4.07. The molecule has 0 aliphatic heterocycles. The molecule has 0 saturated carbocycles. The van der Waals surface area contributed by atoms with Gasteiger partial charge >= 0.3 is 0 Å². The SMILES string of the molecule is CCCc1noc([C@H](C)Sc2ncc(-c3ccc(F)cc3)[nH]2)n1. The highest BCUT2D eigenvalue weighted by molar-refractivity contribution is 7.99. The van der Waals surface area contributed by atoms with Crippen LogP contribution in [-0.4, -0.2) is 20.1 Å². The van der Waals surface area contributed by atoms with Gasteiger partial charge in [0.25, 0.3) is 0 Å². The van der Waals surface area contributed by atoms with Crippen molar-refractivity contribution in [1.82, 2.24) is 20.1 Å². The van der Waals surface area contributed by atoms with Gasteiger partial charge in [-0.2, -0.15) is 4.98 Å². The van der Waals surface area contributed by atoms with Crippen LogP contribution in [-0.2, 0) is 6.42 Å². The molecule has 0 aliphatic carbocycles. The maximum Gasteiger partial charge on any atom is 0.239 e. The maximum atomic E-state index is 13.0. The summed E-state index contributed by atoms with van der Waals surface area (Å²) in [5.41, 5.74) is 1.73. The van der Waals surface area contributed by atoms with E-state index in [0.717, 1.165) is 35.1 Å². The standard InChI is InChI=1S/C16H17FN4OS/c1-3-4-14-20-15(22-21-14)10(2)23-16-18-9-13(19-16)11-5-7-12(17)8-6-11/h5-10H,3-4H2,1-2H3,(H,18,19)/t10-/m0/s1. The number of imidazole rings is 1. The van der Waals surface area contributed by atoms with E-state index in [1.807, 2.05) is 6.92 Å². The summed E-state index contributed by atoms with van der Waals surface area (Å²) in [5.74, 6) is 1.08. The molecule has 0 unspecified atom stereocenters. The summed E-state index contributed by atoms with van der Waals surface area (Å²) < 4.78 is 18.3. The van der Waals surface area contributed by atoms with Crippen LogP contribution < -0.4 is 0 Å². The monoisotopic (exact) mass is 332 g/mol. The van der Waals surface area contributed by atoms with Gasteiger partial charge in [-0.1, -0.05) is 23.8 Å². The van der Waals surface area contributed by atoms with E-state index in [2.05, 4.69) is 27.0 Å². The molecule has 0 bridgehead atoms. The van der Waals surface area contributed by atoms with E-state index in [1.165, 1.54) is 23.9 Å². The number of hydrogen-bond acceptors (Lipinski definition) is 5. The van der Waals surface area contributed by atoms with Gasteiger partial charge in [0.05, 0.1) is 17.1 Å². The maximum absolute atomic E-state index is 13.0. The number of aromatic amines is 1. The van der Waals surface area contributed by atoms with Crippen molar-refractivity contribution in [3.8, 4) is 11.3 Å². The first kappa shape index (κ1) is 15.7. The zero-order valence-corrected chi connectivity index (χ0v) is 13.7. The van der Waals surface area contributed by atoms with E-state index in [9.17, 15) is 4.39 Å². The van der Waals surface area contributed by atoms with Crippen LogP contribution in [0, 0.1) is 5.82 Å². The van der Waals surface area contributed by atoms with Crippen molar-refractivity contribution >= 4 is 11.8 Å². The van der Waals surface area contributed by atoms with Gasteiger partial charge in [0.2, 0.25) is 5.89 Å². The number of thioether (sulfide) groups is 1. The third-order valence-electron chi connectivity index (χ3n) is 3.30. The summed E-state index contributed by atoms with van der Waals surface area (Å²) in [7, 11) is 0. The van der Waals surface area contributed by atoms with E-state index in [1.54, 1.807) is 18.3 Å². The number of nitrogens with zero attached hydrogens (tertiary/aromatic N) is 3. The molecule has 3 rings (SSSR count). The Kier molecular flexibility index (Phi) is 4.76. The Morgan fingerprint density at radius 1 is 1.30 bits per heavy atom. The lowest BCUT2D eigenvalue weighted by molar-refractivity contribution is 0.374. The van der Waals surface area contributed by atoms with Crippen LogP contribution in [0.2, 0.25) is 0 Å². The minimum atomic E-state index is -0.254. The van der Waals surface area contributed by atoms with Gasteiger partial charge in [-0.15, -0.1) is 0 Å². The van der Waals surface area contributed by atoms with Crippen LogP contribution in [0.15, 0.2) is 40.1 Å². The lowest BCUT2D eigenvalue weighted by Crippen LogP contribution is -1.91. The summed E-state index contributed by atoms with van der Waals surface area (Å²) in [6, 6.07) is 6.30. The molecule has 5 nitrogen and oxygen atoms in total. The Morgan fingerprint density at radius 3 is 2.83 bits per heavy atom. The predicted octanol–water partition coefficient (Wildman–Crippen LogP) is 4.40. The summed E-state index contributed by atoms with van der Waals surface area (Å²) in [4.78, 5) is 12.0. The molecule has 2 heterocycles. The van der Waals surface area contributed by atoms with Crippen molar-refractivity contribution in [1.29, 1.82) is 0 Å². The fourth-order valence-corrected chi connectivity index (χ4v) is 2.93. The second kappa shape index (κ2) is 6.95. The van der Waals surface area contributed by atoms with E-state index < -0.39 is 0 Å². The molecular weight excluding hydrogens is 315 g/mol. The second-order valence-electron chi connectivity index (χ2n) is 5.17. The van der Waals surface area contributed by atoms with E-state index in [4.69, 9.17) is 4.52 Å². The lowest BCUT2D eigenvalue weighted by Gasteiger charge is -2.03. The molecular formula is C16H17FN4OS. The lowest BCUT2D eigenvalue weighted by atomic mass is 10.2. The Hall–Kier alpha value is -2.15. The Labute approximate surface area is 137 Å². The van der Waals surface area contributed by atoms with Crippen molar-refractivity contribution < 1.29 is 8.91 Å². The van der Waals surface area contributed by atoms with Crippen LogP contribution in [0.1, 0.15) is 37.2 Å². The van der Waals surface area contributed by atoms with Gasteiger partial charge in [0, 0.05) is 6.42 Å². The number of rotatable bonds is 6. The fourth-order valence-electron chi connectivity index (χ4n) is 2.11. The minimum absolute atomic E-state index is 0.000300. The fraction of sp³-hybridized carbons (Fsp3) is 0.312. The largest absolute Gasteiger partial charge is 0.338 e. The van der Waals surface area contributed by atoms with Gasteiger partial charge in [-0.25, -0.2) is 9.37 Å². The molecule has 1 aromatic carbocycles. The van der Waals surface area contributed by atoms with Gasteiger partial charge in [0.1, 0.15) is 5.82 Å². The number of aromatic nitrogens is 4. The number of halogens is 1. The Bertz CT molecular complexity index is 768. The molecule has 0 aliphatic rings. The van der Waals surface area contributed by atoms with Crippen LogP contribution >= 0.6 is 11.8 Å². The highest BCUT2D eigenvalue weighted by Gasteiger charge is 2.17. The second-order valence-corrected chi connectivity index (χ2v) is 6.50. The first-order valence-corrected chi connectivity index (χ1v) is 8.33. The highest BCUT2D eigenvalue weighted by atomic mass is 32.2. The Balaban J connectivity index is 1.69. The zero-order valence-electron chi connectivity index (χ0n) is 12.9. The van der Waals surface area contributed by atoms with Gasteiger partial charge in [-0.3, -0.25) is 0 Å². The normalized spacial score (nSPS) is 12.5. The molecule has 0 amide bonds. The number of H-pyrrole nitrogens is 1. The van der Waals surface area contributed by atoms with E-state index >= 15 is 0 Å². The molecule has 0 fully saturated rings. The van der Waals surface area contributed by atoms with Gasteiger partial charge in [0.15, 0.2) is 11.0 Å². The van der Waals surface area contributed by atoms with Crippen molar-refractivity contribution in [2.75, 3.05) is 0 Å². The average molecular weight is 332 g/mol. The molecule has 3 aromatic rings. The molecule has 0 radical (unpaired) electrons. The molecule has 0 spiro atoms. The summed E-state index contributed by atoms with van der Waals surface area (Å²) in [6.07, 6.45) is 3.54. The minimum Gasteiger partial charge on any atom is -0.338 e. The van der Waals surface area contributed by atoms with Crippen molar-refractivity contribution in [2.24, 2.45) is 0 Å². The number of nitrogens with one attached hydrogen (secondary N) is 1. The zero-order chi connectivity index (χ0) is 16.2. The molecule has 0 saturated heterocycles. The third-order valence-corrected chi connectivity index (χ3v) is 4.29. The van der Waals surface area contributed by atoms with E-state index in [0.29, 0.717) is 5.89 Å². The molecule has 1 N–H and O–H groups in total. The Morgan fingerprint density at radius 2 is 2.09 bits per heavy atom. The molecule has 2 aromatic heterocycles. The molecule has 120 valence electrons. The van der Waals surface area contributed by atoms with Crippen LogP contribution in [0.5, 0.6) is 0 Å². The topological polar surface area (TPSA) is 67.6 Å². The first-order valence-electron chi connectivity index (χ1n) is 7.45. The van der Waals surface area contributed by atoms with Crippen molar-refractivity contribution in [3.05, 3.63) is 48.0 Å². The quantitative estimate of drug-likeness (QED) is 0.677. The number of benzene rings is 1. The first-order chi connectivity index (χ1) is 11.2. The molecule has 1 atom stereocenters. The van der Waals surface area contributed by atoms with Gasteiger partial charge < -0.3 is 9.51 Å². The van der Waals surface area contributed by atoms with E-state index in [-0.39, 0.29) is 11.1 Å². The molecule has 23 heavy (non-hydrogen) atoms.